The van der Waals surface area contributed by atoms with E-state index in [1.165, 1.54) is 10.7 Å². The van der Waals surface area contributed by atoms with Gasteiger partial charge in [-0.1, -0.05) is 0 Å². The first-order valence-electron chi connectivity index (χ1n) is 7.09. The van der Waals surface area contributed by atoms with Crippen LogP contribution in [0.3, 0.4) is 0 Å². The van der Waals surface area contributed by atoms with Crippen molar-refractivity contribution >= 4 is 11.9 Å². The van der Waals surface area contributed by atoms with E-state index in [0.717, 1.165) is 12.2 Å². The van der Waals surface area contributed by atoms with Crippen molar-refractivity contribution in [3.05, 3.63) is 35.9 Å². The standard InChI is InChI=1S/C14H19N5O3/c1-3-19-12(4-7-15-19)10(2)16-13(20)6-9-18-8-5-11(17-18)14(21)22/h4-5,7-8,10H,3,6,9H2,1-2H3,(H,16,20)(H,21,22). The second kappa shape index (κ2) is 6.88. The van der Waals surface area contributed by atoms with Crippen LogP contribution >= 0.6 is 0 Å². The van der Waals surface area contributed by atoms with Gasteiger partial charge in [-0.2, -0.15) is 10.2 Å². The third kappa shape index (κ3) is 3.72. The summed E-state index contributed by atoms with van der Waals surface area (Å²) < 4.78 is 3.28. The van der Waals surface area contributed by atoms with Gasteiger partial charge in [-0.05, 0) is 26.0 Å². The monoisotopic (exact) mass is 305 g/mol. The van der Waals surface area contributed by atoms with Crippen LogP contribution in [0.25, 0.3) is 0 Å². The van der Waals surface area contributed by atoms with Crippen molar-refractivity contribution in [2.45, 2.75) is 39.4 Å². The molecule has 0 spiro atoms. The van der Waals surface area contributed by atoms with Gasteiger partial charge in [0.15, 0.2) is 5.69 Å². The molecule has 0 fully saturated rings. The molecule has 0 bridgehead atoms. The van der Waals surface area contributed by atoms with E-state index in [1.807, 2.05) is 24.6 Å². The summed E-state index contributed by atoms with van der Waals surface area (Å²) in [5.41, 5.74) is 0.920. The van der Waals surface area contributed by atoms with E-state index in [1.54, 1.807) is 12.4 Å². The summed E-state index contributed by atoms with van der Waals surface area (Å²) in [4.78, 5) is 22.7. The summed E-state index contributed by atoms with van der Waals surface area (Å²) in [5.74, 6) is -1.20. The first-order valence-corrected chi connectivity index (χ1v) is 7.09. The molecular weight excluding hydrogens is 286 g/mol. The number of aryl methyl sites for hydroxylation is 2. The molecule has 1 atom stereocenters. The number of carbonyl (C=O) groups is 2. The molecule has 118 valence electrons. The van der Waals surface area contributed by atoms with E-state index < -0.39 is 5.97 Å². The Hall–Kier alpha value is -2.64. The molecule has 0 aromatic carbocycles. The topological polar surface area (TPSA) is 102 Å². The van der Waals surface area contributed by atoms with Crippen molar-refractivity contribution in [1.29, 1.82) is 0 Å². The molecule has 0 aliphatic heterocycles. The minimum atomic E-state index is -1.08. The van der Waals surface area contributed by atoms with E-state index >= 15 is 0 Å². The van der Waals surface area contributed by atoms with Crippen LogP contribution in [0.2, 0.25) is 0 Å². The normalized spacial score (nSPS) is 12.1. The van der Waals surface area contributed by atoms with E-state index in [4.69, 9.17) is 5.11 Å². The molecule has 2 aromatic heterocycles. The molecule has 2 heterocycles. The number of amides is 1. The van der Waals surface area contributed by atoms with Crippen molar-refractivity contribution in [2.24, 2.45) is 0 Å². The summed E-state index contributed by atoms with van der Waals surface area (Å²) in [6.45, 7) is 4.97. The smallest absolute Gasteiger partial charge is 0.356 e. The van der Waals surface area contributed by atoms with Crippen molar-refractivity contribution < 1.29 is 14.7 Å². The lowest BCUT2D eigenvalue weighted by molar-refractivity contribution is -0.122. The molecule has 1 unspecified atom stereocenters. The van der Waals surface area contributed by atoms with Gasteiger partial charge in [0.1, 0.15) is 0 Å². The van der Waals surface area contributed by atoms with Gasteiger partial charge in [0.05, 0.1) is 11.7 Å². The second-order valence-corrected chi connectivity index (χ2v) is 4.88. The van der Waals surface area contributed by atoms with Crippen molar-refractivity contribution in [1.82, 2.24) is 24.9 Å². The minimum Gasteiger partial charge on any atom is -0.476 e. The number of aromatic nitrogens is 4. The van der Waals surface area contributed by atoms with E-state index in [-0.39, 0.29) is 24.1 Å². The van der Waals surface area contributed by atoms with Crippen LogP contribution in [0, 0.1) is 0 Å². The van der Waals surface area contributed by atoms with E-state index in [0.29, 0.717) is 6.54 Å². The largest absolute Gasteiger partial charge is 0.476 e. The number of rotatable bonds is 7. The number of nitrogens with zero attached hydrogens (tertiary/aromatic N) is 4. The molecule has 0 aliphatic rings. The predicted molar refractivity (Wildman–Crippen MR) is 78.3 cm³/mol. The van der Waals surface area contributed by atoms with E-state index in [2.05, 4.69) is 15.5 Å². The van der Waals surface area contributed by atoms with Crippen molar-refractivity contribution in [3.8, 4) is 0 Å². The summed E-state index contributed by atoms with van der Waals surface area (Å²) in [6, 6.07) is 3.14. The highest BCUT2D eigenvalue weighted by Gasteiger charge is 2.14. The molecule has 2 N–H and O–H groups in total. The molecule has 1 amide bonds. The maximum Gasteiger partial charge on any atom is 0.356 e. The van der Waals surface area contributed by atoms with E-state index in [9.17, 15) is 9.59 Å². The third-order valence-corrected chi connectivity index (χ3v) is 3.30. The Labute approximate surface area is 127 Å². The first-order chi connectivity index (χ1) is 10.5. The summed E-state index contributed by atoms with van der Waals surface area (Å²) in [5, 5.41) is 19.7. The van der Waals surface area contributed by atoms with Crippen LogP contribution < -0.4 is 5.32 Å². The van der Waals surface area contributed by atoms with Crippen LogP contribution in [0.1, 0.15) is 42.5 Å². The fourth-order valence-electron chi connectivity index (χ4n) is 2.18. The Morgan fingerprint density at radius 2 is 2.18 bits per heavy atom. The van der Waals surface area contributed by atoms with Gasteiger partial charge in [0, 0.05) is 31.9 Å². The fraction of sp³-hybridized carbons (Fsp3) is 0.429. The van der Waals surface area contributed by atoms with Gasteiger partial charge in [-0.3, -0.25) is 14.2 Å². The maximum absolute atomic E-state index is 12.0. The number of nitrogens with one attached hydrogen (secondary N) is 1. The SMILES string of the molecule is CCn1nccc1C(C)NC(=O)CCn1ccc(C(=O)O)n1. The molecule has 0 radical (unpaired) electrons. The highest BCUT2D eigenvalue weighted by molar-refractivity contribution is 5.85. The zero-order valence-corrected chi connectivity index (χ0v) is 12.6. The Bertz CT molecular complexity index is 661. The lowest BCUT2D eigenvalue weighted by atomic mass is 10.2. The van der Waals surface area contributed by atoms with Crippen molar-refractivity contribution in [2.75, 3.05) is 0 Å². The summed E-state index contributed by atoms with van der Waals surface area (Å²) in [7, 11) is 0. The molecule has 22 heavy (non-hydrogen) atoms. The van der Waals surface area contributed by atoms with Gasteiger partial charge in [-0.25, -0.2) is 4.79 Å². The predicted octanol–water partition coefficient (Wildman–Crippen LogP) is 1.07. The van der Waals surface area contributed by atoms with Gasteiger partial charge in [-0.15, -0.1) is 0 Å². The maximum atomic E-state index is 12.0. The quantitative estimate of drug-likeness (QED) is 0.796. The second-order valence-electron chi connectivity index (χ2n) is 4.88. The van der Waals surface area contributed by atoms with Crippen LogP contribution in [-0.2, 0) is 17.9 Å². The Morgan fingerprint density at radius 3 is 2.82 bits per heavy atom. The van der Waals surface area contributed by atoms with Gasteiger partial charge < -0.3 is 10.4 Å². The van der Waals surface area contributed by atoms with Crippen molar-refractivity contribution in [3.63, 3.8) is 0 Å². The number of hydrogen-bond donors (Lipinski definition) is 2. The molecule has 8 nitrogen and oxygen atoms in total. The Morgan fingerprint density at radius 1 is 1.41 bits per heavy atom. The zero-order chi connectivity index (χ0) is 16.1. The highest BCUT2D eigenvalue weighted by Crippen LogP contribution is 2.11. The van der Waals surface area contributed by atoms with Crippen LogP contribution in [0.15, 0.2) is 24.5 Å². The average Bonchev–Trinajstić information content (AvgIpc) is 3.13. The number of carboxylic acids is 1. The lowest BCUT2D eigenvalue weighted by Crippen LogP contribution is -2.29. The molecule has 2 aromatic rings. The highest BCUT2D eigenvalue weighted by atomic mass is 16.4. The van der Waals surface area contributed by atoms with Gasteiger partial charge in [0.2, 0.25) is 5.91 Å². The van der Waals surface area contributed by atoms with Crippen LogP contribution in [-0.4, -0.2) is 36.5 Å². The Balaban J connectivity index is 1.86. The van der Waals surface area contributed by atoms with Crippen LogP contribution in [0.5, 0.6) is 0 Å². The van der Waals surface area contributed by atoms with Gasteiger partial charge >= 0.3 is 5.97 Å². The molecule has 2 rings (SSSR count). The Kier molecular flexibility index (Phi) is 4.92. The average molecular weight is 305 g/mol. The number of carbonyl (C=O) groups excluding carboxylic acids is 1. The molecule has 0 saturated heterocycles. The fourth-order valence-corrected chi connectivity index (χ4v) is 2.18. The molecule has 8 heteroatoms. The molecule has 0 aliphatic carbocycles. The summed E-state index contributed by atoms with van der Waals surface area (Å²) in [6.07, 6.45) is 3.48. The van der Waals surface area contributed by atoms with Gasteiger partial charge in [0.25, 0.3) is 0 Å². The minimum absolute atomic E-state index is 0.0272. The molecular formula is C14H19N5O3. The number of hydrogen-bond acceptors (Lipinski definition) is 4. The van der Waals surface area contributed by atoms with Crippen LogP contribution in [0.4, 0.5) is 0 Å². The third-order valence-electron chi connectivity index (χ3n) is 3.30. The zero-order valence-electron chi connectivity index (χ0n) is 12.6. The summed E-state index contributed by atoms with van der Waals surface area (Å²) >= 11 is 0. The number of carboxylic acid groups (broad SMARTS) is 1. The number of aromatic carboxylic acids is 1. The lowest BCUT2D eigenvalue weighted by Gasteiger charge is -2.15. The first kappa shape index (κ1) is 15.7. The molecule has 0 saturated carbocycles.